The molecule has 104 valence electrons. The Morgan fingerprint density at radius 3 is 2.37 bits per heavy atom. The lowest BCUT2D eigenvalue weighted by Crippen LogP contribution is -2.35. The zero-order chi connectivity index (χ0) is 14.7. The number of esters is 1. The van der Waals surface area contributed by atoms with Crippen LogP contribution in [0.25, 0.3) is 0 Å². The van der Waals surface area contributed by atoms with Crippen molar-refractivity contribution < 1.29 is 23.1 Å². The van der Waals surface area contributed by atoms with Gasteiger partial charge < -0.3 is 15.4 Å². The van der Waals surface area contributed by atoms with E-state index in [4.69, 9.17) is 10.5 Å². The number of carbonyl (C=O) groups excluding carboxylic acids is 2. The minimum Gasteiger partial charge on any atom is -0.449 e. The van der Waals surface area contributed by atoms with Gasteiger partial charge in [0, 0.05) is 20.2 Å². The van der Waals surface area contributed by atoms with Gasteiger partial charge in [-0.1, -0.05) is 0 Å². The van der Waals surface area contributed by atoms with E-state index in [0.717, 1.165) is 0 Å². The number of benzene rings is 1. The van der Waals surface area contributed by atoms with Gasteiger partial charge in [0.25, 0.3) is 5.91 Å². The van der Waals surface area contributed by atoms with Gasteiger partial charge in [-0.2, -0.15) is 0 Å². The second-order valence-electron chi connectivity index (χ2n) is 4.13. The van der Waals surface area contributed by atoms with E-state index in [1.165, 1.54) is 25.9 Å². The Labute approximate surface area is 108 Å². The predicted octanol–water partition coefficient (Wildman–Crippen LogP) is 1.18. The first kappa shape index (κ1) is 14.9. The summed E-state index contributed by atoms with van der Waals surface area (Å²) in [6.07, 6.45) is -1.09. The Bertz CT molecular complexity index is 518. The van der Waals surface area contributed by atoms with Gasteiger partial charge in [-0.25, -0.2) is 13.6 Å². The molecule has 0 aromatic heterocycles. The molecular formula is C12H14F2N2O3. The summed E-state index contributed by atoms with van der Waals surface area (Å²) in [4.78, 5) is 24.3. The highest BCUT2D eigenvalue weighted by atomic mass is 19.1. The van der Waals surface area contributed by atoms with Gasteiger partial charge in [0.2, 0.25) is 0 Å². The number of carbonyl (C=O) groups is 2. The van der Waals surface area contributed by atoms with Crippen LogP contribution in [0.4, 0.5) is 14.5 Å². The van der Waals surface area contributed by atoms with Gasteiger partial charge >= 0.3 is 5.97 Å². The summed E-state index contributed by atoms with van der Waals surface area (Å²) in [7, 11) is 2.96. The fourth-order valence-corrected chi connectivity index (χ4v) is 1.36. The molecule has 1 rings (SSSR count). The Hall–Kier alpha value is -2.18. The molecule has 0 fully saturated rings. The van der Waals surface area contributed by atoms with E-state index in [1.807, 2.05) is 0 Å². The van der Waals surface area contributed by atoms with E-state index < -0.39 is 40.9 Å². The number of rotatable bonds is 3. The molecule has 1 amide bonds. The van der Waals surface area contributed by atoms with Crippen LogP contribution in [0.1, 0.15) is 17.3 Å². The number of anilines is 1. The number of ether oxygens (including phenoxy) is 1. The topological polar surface area (TPSA) is 72.6 Å². The standard InChI is InChI=1S/C12H14F2N2O3/c1-6(11(17)16(2)3)19-12(18)7-4-9(14)10(15)5-8(7)13/h4-6H,15H2,1-3H3. The first-order chi connectivity index (χ1) is 8.73. The first-order valence-electron chi connectivity index (χ1n) is 5.40. The molecule has 0 bridgehead atoms. The molecule has 1 aromatic carbocycles. The van der Waals surface area contributed by atoms with Crippen LogP contribution in [0.15, 0.2) is 12.1 Å². The minimum absolute atomic E-state index is 0.411. The number of hydrogen-bond acceptors (Lipinski definition) is 4. The van der Waals surface area contributed by atoms with E-state index >= 15 is 0 Å². The van der Waals surface area contributed by atoms with Crippen LogP contribution < -0.4 is 5.73 Å². The third kappa shape index (κ3) is 3.40. The molecule has 7 heteroatoms. The fraction of sp³-hybridized carbons (Fsp3) is 0.333. The molecule has 0 aliphatic heterocycles. The second-order valence-corrected chi connectivity index (χ2v) is 4.13. The van der Waals surface area contributed by atoms with Crippen molar-refractivity contribution in [1.29, 1.82) is 0 Å². The maximum absolute atomic E-state index is 13.4. The van der Waals surface area contributed by atoms with Gasteiger partial charge in [0.1, 0.15) is 11.6 Å². The highest BCUT2D eigenvalue weighted by Crippen LogP contribution is 2.18. The van der Waals surface area contributed by atoms with E-state index in [2.05, 4.69) is 0 Å². The number of amides is 1. The van der Waals surface area contributed by atoms with Gasteiger partial charge in [-0.3, -0.25) is 4.79 Å². The van der Waals surface area contributed by atoms with Crippen molar-refractivity contribution in [2.75, 3.05) is 19.8 Å². The van der Waals surface area contributed by atoms with Crippen molar-refractivity contribution in [3.05, 3.63) is 29.3 Å². The number of halogens is 2. The Morgan fingerprint density at radius 1 is 1.26 bits per heavy atom. The van der Waals surface area contributed by atoms with Crippen molar-refractivity contribution in [3.63, 3.8) is 0 Å². The maximum atomic E-state index is 13.4. The van der Waals surface area contributed by atoms with Gasteiger partial charge in [0.05, 0.1) is 11.3 Å². The van der Waals surface area contributed by atoms with Crippen molar-refractivity contribution >= 4 is 17.6 Å². The van der Waals surface area contributed by atoms with Crippen molar-refractivity contribution in [3.8, 4) is 0 Å². The number of nitrogen functional groups attached to an aromatic ring is 1. The Balaban J connectivity index is 2.90. The SMILES string of the molecule is CC(OC(=O)c1cc(F)c(N)cc1F)C(=O)N(C)C. The molecule has 1 unspecified atom stereocenters. The van der Waals surface area contributed by atoms with Gasteiger partial charge in [-0.05, 0) is 13.0 Å². The molecule has 0 spiro atoms. The average Bonchev–Trinajstić information content (AvgIpc) is 2.32. The predicted molar refractivity (Wildman–Crippen MR) is 64.3 cm³/mol. The summed E-state index contributed by atoms with van der Waals surface area (Å²) in [5.41, 5.74) is 4.13. The molecule has 0 aliphatic rings. The van der Waals surface area contributed by atoms with Crippen molar-refractivity contribution in [2.24, 2.45) is 0 Å². The number of hydrogen-bond donors (Lipinski definition) is 1. The van der Waals surface area contributed by atoms with E-state index in [-0.39, 0.29) is 0 Å². The lowest BCUT2D eigenvalue weighted by molar-refractivity contribution is -0.137. The second kappa shape index (κ2) is 5.64. The normalized spacial score (nSPS) is 11.8. The molecule has 0 saturated carbocycles. The van der Waals surface area contributed by atoms with Crippen LogP contribution in [0.5, 0.6) is 0 Å². The van der Waals surface area contributed by atoms with Crippen LogP contribution in [-0.4, -0.2) is 37.0 Å². The van der Waals surface area contributed by atoms with Crippen LogP contribution in [0.3, 0.4) is 0 Å². The summed E-state index contributed by atoms with van der Waals surface area (Å²) < 4.78 is 31.4. The maximum Gasteiger partial charge on any atom is 0.342 e. The zero-order valence-corrected chi connectivity index (χ0v) is 10.7. The van der Waals surface area contributed by atoms with Crippen LogP contribution in [0.2, 0.25) is 0 Å². The summed E-state index contributed by atoms with van der Waals surface area (Å²) >= 11 is 0. The highest BCUT2D eigenvalue weighted by molar-refractivity contribution is 5.92. The number of nitrogens with two attached hydrogens (primary N) is 1. The summed E-state index contributed by atoms with van der Waals surface area (Å²) in [6.45, 7) is 1.34. The van der Waals surface area contributed by atoms with Crippen LogP contribution in [0, 0.1) is 11.6 Å². The van der Waals surface area contributed by atoms with Crippen LogP contribution >= 0.6 is 0 Å². The smallest absolute Gasteiger partial charge is 0.342 e. The van der Waals surface area contributed by atoms with Crippen molar-refractivity contribution in [1.82, 2.24) is 4.90 Å². The molecule has 0 saturated heterocycles. The number of likely N-dealkylation sites (N-methyl/N-ethyl adjacent to an activating group) is 1. The molecule has 0 aliphatic carbocycles. The van der Waals surface area contributed by atoms with Crippen LogP contribution in [-0.2, 0) is 9.53 Å². The number of nitrogens with zero attached hydrogens (tertiary/aromatic N) is 1. The third-order valence-corrected chi connectivity index (χ3v) is 2.38. The van der Waals surface area contributed by atoms with E-state index in [1.54, 1.807) is 0 Å². The highest BCUT2D eigenvalue weighted by Gasteiger charge is 2.23. The van der Waals surface area contributed by atoms with E-state index in [0.29, 0.717) is 12.1 Å². The van der Waals surface area contributed by atoms with Gasteiger partial charge in [0.15, 0.2) is 6.10 Å². The zero-order valence-electron chi connectivity index (χ0n) is 10.7. The fourth-order valence-electron chi connectivity index (χ4n) is 1.36. The van der Waals surface area contributed by atoms with E-state index in [9.17, 15) is 18.4 Å². The summed E-state index contributed by atoms with van der Waals surface area (Å²) in [5.74, 6) is -3.53. The third-order valence-electron chi connectivity index (χ3n) is 2.38. The Kier molecular flexibility index (Phi) is 4.42. The monoisotopic (exact) mass is 272 g/mol. The van der Waals surface area contributed by atoms with Gasteiger partial charge in [-0.15, -0.1) is 0 Å². The summed E-state index contributed by atoms with van der Waals surface area (Å²) in [6, 6.07) is 1.32. The molecule has 1 atom stereocenters. The first-order valence-corrected chi connectivity index (χ1v) is 5.40. The van der Waals surface area contributed by atoms with Crippen molar-refractivity contribution in [2.45, 2.75) is 13.0 Å². The molecule has 19 heavy (non-hydrogen) atoms. The molecule has 5 nitrogen and oxygen atoms in total. The summed E-state index contributed by atoms with van der Waals surface area (Å²) in [5, 5.41) is 0. The Morgan fingerprint density at radius 2 is 1.84 bits per heavy atom. The molecule has 0 heterocycles. The lowest BCUT2D eigenvalue weighted by Gasteiger charge is -2.17. The molecule has 1 aromatic rings. The quantitative estimate of drug-likeness (QED) is 0.662. The average molecular weight is 272 g/mol. The molecule has 0 radical (unpaired) electrons. The molecule has 2 N–H and O–H groups in total. The largest absolute Gasteiger partial charge is 0.449 e. The molecular weight excluding hydrogens is 258 g/mol. The lowest BCUT2D eigenvalue weighted by atomic mass is 10.2. The minimum atomic E-state index is -1.13.